The van der Waals surface area contributed by atoms with Crippen molar-refractivity contribution in [2.45, 2.75) is 18.9 Å². The summed E-state index contributed by atoms with van der Waals surface area (Å²) in [7, 11) is 3.24. The first-order valence-electron chi connectivity index (χ1n) is 9.83. The first-order chi connectivity index (χ1) is 14.4. The highest BCUT2D eigenvalue weighted by atomic mass is 16.6. The number of carbonyl (C=O) groups is 2. The number of piperidine rings is 1. The molecule has 1 aliphatic rings. The maximum Gasteiger partial charge on any atom is 0.310 e. The maximum absolute atomic E-state index is 12.8. The molecule has 0 saturated carbocycles. The molecule has 8 heteroatoms. The van der Waals surface area contributed by atoms with Crippen LogP contribution >= 0.6 is 0 Å². The minimum absolute atomic E-state index is 0.0549. The Balaban J connectivity index is 1.67. The topological polar surface area (TPSA) is 93.0 Å². The van der Waals surface area contributed by atoms with E-state index in [1.165, 1.54) is 11.0 Å². The fourth-order valence-corrected chi connectivity index (χ4v) is 3.58. The summed E-state index contributed by atoms with van der Waals surface area (Å²) in [6.45, 7) is 1.00. The second-order valence-electron chi connectivity index (χ2n) is 7.47. The molecule has 0 radical (unpaired) electrons. The molecule has 1 amide bonds. The number of ether oxygens (including phenoxy) is 1. The Morgan fingerprint density at radius 3 is 2.27 bits per heavy atom. The number of anilines is 1. The van der Waals surface area contributed by atoms with E-state index < -0.39 is 17.0 Å². The number of hydrogen-bond acceptors (Lipinski definition) is 6. The molecule has 1 atom stereocenters. The molecule has 1 saturated heterocycles. The molecule has 0 N–H and O–H groups in total. The Bertz CT molecular complexity index is 908. The van der Waals surface area contributed by atoms with Gasteiger partial charge in [-0.2, -0.15) is 0 Å². The summed E-state index contributed by atoms with van der Waals surface area (Å²) in [5.74, 6) is -1.07. The monoisotopic (exact) mass is 411 g/mol. The zero-order valence-electron chi connectivity index (χ0n) is 17.1. The van der Waals surface area contributed by atoms with Gasteiger partial charge in [0.25, 0.3) is 11.6 Å². The highest BCUT2D eigenvalue weighted by molar-refractivity contribution is 5.85. The Labute approximate surface area is 175 Å². The third-order valence-electron chi connectivity index (χ3n) is 5.25. The van der Waals surface area contributed by atoms with Gasteiger partial charge in [0.2, 0.25) is 6.10 Å². The van der Waals surface area contributed by atoms with Gasteiger partial charge < -0.3 is 14.5 Å². The van der Waals surface area contributed by atoms with Crippen molar-refractivity contribution >= 4 is 23.3 Å². The quantitative estimate of drug-likeness (QED) is 0.412. The molecule has 1 heterocycles. The van der Waals surface area contributed by atoms with Crippen LogP contribution in [0.2, 0.25) is 0 Å². The van der Waals surface area contributed by atoms with Gasteiger partial charge in [0.1, 0.15) is 5.69 Å². The van der Waals surface area contributed by atoms with Crippen LogP contribution in [-0.2, 0) is 14.3 Å². The summed E-state index contributed by atoms with van der Waals surface area (Å²) < 4.78 is 5.65. The molecule has 0 aliphatic carbocycles. The van der Waals surface area contributed by atoms with Crippen LogP contribution < -0.4 is 4.90 Å². The van der Waals surface area contributed by atoms with E-state index in [2.05, 4.69) is 0 Å². The van der Waals surface area contributed by atoms with Crippen molar-refractivity contribution in [1.29, 1.82) is 0 Å². The average molecular weight is 411 g/mol. The summed E-state index contributed by atoms with van der Waals surface area (Å²) in [4.78, 5) is 39.6. The molecule has 0 bridgehead atoms. The van der Waals surface area contributed by atoms with E-state index in [0.29, 0.717) is 37.2 Å². The normalized spacial score (nSPS) is 15.3. The van der Waals surface area contributed by atoms with E-state index in [-0.39, 0.29) is 17.5 Å². The molecular weight excluding hydrogens is 386 g/mol. The number of para-hydroxylation sites is 2. The fraction of sp³-hybridized carbons (Fsp3) is 0.364. The van der Waals surface area contributed by atoms with Crippen LogP contribution in [0, 0.1) is 16.0 Å². The number of likely N-dealkylation sites (N-methyl/N-ethyl adjacent to an activating group) is 1. The van der Waals surface area contributed by atoms with E-state index in [9.17, 15) is 19.7 Å². The highest BCUT2D eigenvalue weighted by Gasteiger charge is 2.33. The Hall–Kier alpha value is -3.42. The Morgan fingerprint density at radius 2 is 1.67 bits per heavy atom. The largest absolute Gasteiger partial charge is 0.447 e. The minimum atomic E-state index is -0.984. The van der Waals surface area contributed by atoms with Gasteiger partial charge in [-0.1, -0.05) is 42.5 Å². The molecule has 8 nitrogen and oxygen atoms in total. The number of benzene rings is 2. The van der Waals surface area contributed by atoms with Gasteiger partial charge in [0.15, 0.2) is 0 Å². The first-order valence-corrected chi connectivity index (χ1v) is 9.83. The number of amides is 1. The standard InChI is InChI=1S/C22H25N3O5/c1-23(2)21(26)20(16-8-4-3-5-9-16)30-22(27)17-12-14-24(15-13-17)18-10-6-7-11-19(18)25(28)29/h3-11,17,20H,12-15H2,1-2H3/t20-/m1/s1. The molecule has 0 unspecified atom stereocenters. The summed E-state index contributed by atoms with van der Waals surface area (Å²) in [5, 5.41) is 11.3. The Morgan fingerprint density at radius 1 is 1.07 bits per heavy atom. The molecule has 0 aromatic heterocycles. The van der Waals surface area contributed by atoms with E-state index in [4.69, 9.17) is 4.74 Å². The van der Waals surface area contributed by atoms with Crippen molar-refractivity contribution in [2.75, 3.05) is 32.1 Å². The molecule has 0 spiro atoms. The van der Waals surface area contributed by atoms with Crippen LogP contribution in [0.1, 0.15) is 24.5 Å². The molecule has 2 aromatic rings. The van der Waals surface area contributed by atoms with Crippen molar-refractivity contribution in [2.24, 2.45) is 5.92 Å². The van der Waals surface area contributed by atoms with Crippen molar-refractivity contribution in [1.82, 2.24) is 4.90 Å². The smallest absolute Gasteiger partial charge is 0.310 e. The second-order valence-corrected chi connectivity index (χ2v) is 7.47. The van der Waals surface area contributed by atoms with E-state index in [1.54, 1.807) is 56.6 Å². The van der Waals surface area contributed by atoms with Crippen molar-refractivity contribution < 1.29 is 19.2 Å². The molecule has 30 heavy (non-hydrogen) atoms. The van der Waals surface area contributed by atoms with Gasteiger partial charge in [0.05, 0.1) is 10.8 Å². The predicted molar refractivity (Wildman–Crippen MR) is 112 cm³/mol. The van der Waals surface area contributed by atoms with Crippen LogP contribution in [0.3, 0.4) is 0 Å². The van der Waals surface area contributed by atoms with Crippen LogP contribution in [-0.4, -0.2) is 48.9 Å². The average Bonchev–Trinajstić information content (AvgIpc) is 2.77. The summed E-state index contributed by atoms with van der Waals surface area (Å²) >= 11 is 0. The summed E-state index contributed by atoms with van der Waals surface area (Å²) in [6, 6.07) is 15.5. The zero-order chi connectivity index (χ0) is 21.7. The lowest BCUT2D eigenvalue weighted by Gasteiger charge is -2.33. The second kappa shape index (κ2) is 9.39. The lowest BCUT2D eigenvalue weighted by atomic mass is 9.96. The van der Waals surface area contributed by atoms with Crippen LogP contribution in [0.4, 0.5) is 11.4 Å². The Kier molecular flexibility index (Phi) is 6.66. The van der Waals surface area contributed by atoms with Gasteiger partial charge in [-0.15, -0.1) is 0 Å². The van der Waals surface area contributed by atoms with Gasteiger partial charge in [-0.05, 0) is 18.9 Å². The number of carbonyl (C=O) groups excluding carboxylic acids is 2. The number of rotatable bonds is 6. The van der Waals surface area contributed by atoms with Crippen molar-refractivity contribution in [3.05, 3.63) is 70.3 Å². The number of nitro benzene ring substituents is 1. The third-order valence-corrected chi connectivity index (χ3v) is 5.25. The number of esters is 1. The molecule has 158 valence electrons. The zero-order valence-corrected chi connectivity index (χ0v) is 17.1. The van der Waals surface area contributed by atoms with Gasteiger partial charge >= 0.3 is 5.97 Å². The van der Waals surface area contributed by atoms with Gasteiger partial charge in [-0.25, -0.2) is 0 Å². The van der Waals surface area contributed by atoms with E-state index >= 15 is 0 Å². The summed E-state index contributed by atoms with van der Waals surface area (Å²) in [6.07, 6.45) is 0.0207. The fourth-order valence-electron chi connectivity index (χ4n) is 3.58. The van der Waals surface area contributed by atoms with Crippen molar-refractivity contribution in [3.8, 4) is 0 Å². The highest BCUT2D eigenvalue weighted by Crippen LogP contribution is 2.32. The first kappa shape index (κ1) is 21.3. The number of nitrogens with zero attached hydrogens (tertiary/aromatic N) is 3. The molecule has 1 fully saturated rings. The predicted octanol–water partition coefficient (Wildman–Crippen LogP) is 3.18. The van der Waals surface area contributed by atoms with Crippen LogP contribution in [0.25, 0.3) is 0 Å². The van der Waals surface area contributed by atoms with Gasteiger partial charge in [0, 0.05) is 38.8 Å². The van der Waals surface area contributed by atoms with Crippen LogP contribution in [0.5, 0.6) is 0 Å². The molecular formula is C22H25N3O5. The maximum atomic E-state index is 12.8. The molecule has 1 aliphatic heterocycles. The lowest BCUT2D eigenvalue weighted by Crippen LogP contribution is -2.39. The van der Waals surface area contributed by atoms with Crippen molar-refractivity contribution in [3.63, 3.8) is 0 Å². The third kappa shape index (κ3) is 4.76. The summed E-state index contributed by atoms with van der Waals surface area (Å²) in [5.41, 5.74) is 1.24. The molecule has 2 aromatic carbocycles. The molecule has 3 rings (SSSR count). The lowest BCUT2D eigenvalue weighted by molar-refractivity contribution is -0.384. The van der Waals surface area contributed by atoms with Gasteiger partial charge in [-0.3, -0.25) is 19.7 Å². The van der Waals surface area contributed by atoms with Crippen LogP contribution in [0.15, 0.2) is 54.6 Å². The van der Waals surface area contributed by atoms with E-state index in [1.807, 2.05) is 11.0 Å². The SMILES string of the molecule is CN(C)C(=O)[C@H](OC(=O)C1CCN(c2ccccc2[N+](=O)[O-])CC1)c1ccccc1. The number of nitro groups is 1. The minimum Gasteiger partial charge on any atom is -0.447 e. The number of hydrogen-bond donors (Lipinski definition) is 0. The van der Waals surface area contributed by atoms with E-state index in [0.717, 1.165) is 0 Å².